The molecule has 1 unspecified atom stereocenters. The highest BCUT2D eigenvalue weighted by molar-refractivity contribution is 5.24. The highest BCUT2D eigenvalue weighted by Crippen LogP contribution is 2.17. The number of hydrogen-bond acceptors (Lipinski definition) is 3. The summed E-state index contributed by atoms with van der Waals surface area (Å²) in [5.74, 6) is -0.144. The second kappa shape index (κ2) is 6.46. The number of hydrogen-bond donors (Lipinski definition) is 1. The Kier molecular flexibility index (Phi) is 4.91. The van der Waals surface area contributed by atoms with Gasteiger partial charge in [-0.2, -0.15) is 0 Å². The molecule has 0 spiro atoms. The minimum absolute atomic E-state index is 0.144. The summed E-state index contributed by atoms with van der Waals surface area (Å²) in [5, 5.41) is 0. The molecule has 0 saturated carbocycles. The van der Waals surface area contributed by atoms with Crippen LogP contribution in [0.4, 0.5) is 4.39 Å². The van der Waals surface area contributed by atoms with E-state index in [0.717, 1.165) is 17.7 Å². The van der Waals surface area contributed by atoms with Crippen LogP contribution in [-0.4, -0.2) is 43.0 Å². The molecule has 1 heterocycles. The second-order valence-corrected chi connectivity index (χ2v) is 5.60. The third-order valence-corrected chi connectivity index (χ3v) is 3.99. The zero-order valence-electron chi connectivity index (χ0n) is 11.9. The standard InChI is InChI=1S/C15H24FN3/c1-18(11-14-4-3-7-19(14)2)10-13-6-5-12(9-17)8-15(13)16/h5-6,8,14H,3-4,7,9-11,17H2,1-2H3. The van der Waals surface area contributed by atoms with E-state index in [-0.39, 0.29) is 5.82 Å². The van der Waals surface area contributed by atoms with Crippen LogP contribution in [0.3, 0.4) is 0 Å². The first kappa shape index (κ1) is 14.4. The lowest BCUT2D eigenvalue weighted by Crippen LogP contribution is -2.36. The number of nitrogens with zero attached hydrogens (tertiary/aromatic N) is 2. The molecule has 0 bridgehead atoms. The van der Waals surface area contributed by atoms with Crippen molar-refractivity contribution in [1.82, 2.24) is 9.80 Å². The van der Waals surface area contributed by atoms with E-state index in [9.17, 15) is 4.39 Å². The predicted molar refractivity (Wildman–Crippen MR) is 76.3 cm³/mol. The molecule has 3 nitrogen and oxygen atoms in total. The van der Waals surface area contributed by atoms with Gasteiger partial charge in [-0.1, -0.05) is 12.1 Å². The van der Waals surface area contributed by atoms with Gasteiger partial charge in [0.1, 0.15) is 5.82 Å². The van der Waals surface area contributed by atoms with Gasteiger partial charge in [0.15, 0.2) is 0 Å². The summed E-state index contributed by atoms with van der Waals surface area (Å²) in [4.78, 5) is 4.59. The fourth-order valence-corrected chi connectivity index (χ4v) is 2.77. The number of halogens is 1. The Labute approximate surface area is 115 Å². The molecule has 1 saturated heterocycles. The van der Waals surface area contributed by atoms with Crippen molar-refractivity contribution in [3.05, 3.63) is 35.1 Å². The Morgan fingerprint density at radius 3 is 2.84 bits per heavy atom. The van der Waals surface area contributed by atoms with E-state index in [1.807, 2.05) is 12.1 Å². The molecule has 19 heavy (non-hydrogen) atoms. The van der Waals surface area contributed by atoms with E-state index >= 15 is 0 Å². The number of likely N-dealkylation sites (tertiary alicyclic amines) is 1. The quantitative estimate of drug-likeness (QED) is 0.881. The molecule has 1 aliphatic heterocycles. The van der Waals surface area contributed by atoms with Gasteiger partial charge in [-0.15, -0.1) is 0 Å². The van der Waals surface area contributed by atoms with E-state index in [1.54, 1.807) is 6.07 Å². The van der Waals surface area contributed by atoms with Gasteiger partial charge in [0.2, 0.25) is 0 Å². The minimum atomic E-state index is -0.144. The highest BCUT2D eigenvalue weighted by atomic mass is 19.1. The van der Waals surface area contributed by atoms with Crippen LogP contribution in [0.2, 0.25) is 0 Å². The minimum Gasteiger partial charge on any atom is -0.326 e. The molecule has 106 valence electrons. The molecular weight excluding hydrogens is 241 g/mol. The molecular formula is C15H24FN3. The van der Waals surface area contributed by atoms with Crippen molar-refractivity contribution in [3.63, 3.8) is 0 Å². The lowest BCUT2D eigenvalue weighted by molar-refractivity contribution is 0.214. The van der Waals surface area contributed by atoms with Crippen molar-refractivity contribution < 1.29 is 4.39 Å². The Morgan fingerprint density at radius 2 is 2.26 bits per heavy atom. The van der Waals surface area contributed by atoms with E-state index < -0.39 is 0 Å². The predicted octanol–water partition coefficient (Wildman–Crippen LogP) is 1.81. The Bertz CT molecular complexity index is 422. The summed E-state index contributed by atoms with van der Waals surface area (Å²) in [5.41, 5.74) is 7.11. The Hall–Kier alpha value is -0.970. The first-order valence-electron chi connectivity index (χ1n) is 6.96. The van der Waals surface area contributed by atoms with Crippen LogP contribution < -0.4 is 5.73 Å². The van der Waals surface area contributed by atoms with Crippen LogP contribution in [0.5, 0.6) is 0 Å². The average Bonchev–Trinajstić information content (AvgIpc) is 2.77. The fraction of sp³-hybridized carbons (Fsp3) is 0.600. The smallest absolute Gasteiger partial charge is 0.128 e. The van der Waals surface area contributed by atoms with Crippen LogP contribution >= 0.6 is 0 Å². The summed E-state index contributed by atoms with van der Waals surface area (Å²) < 4.78 is 13.9. The van der Waals surface area contributed by atoms with Crippen molar-refractivity contribution in [2.24, 2.45) is 5.73 Å². The molecule has 2 N–H and O–H groups in total. The molecule has 4 heteroatoms. The van der Waals surface area contributed by atoms with Gasteiger partial charge in [-0.05, 0) is 45.1 Å². The van der Waals surface area contributed by atoms with Gasteiger partial charge in [0.25, 0.3) is 0 Å². The molecule has 1 aromatic rings. The first-order chi connectivity index (χ1) is 9.10. The lowest BCUT2D eigenvalue weighted by Gasteiger charge is -2.26. The zero-order valence-corrected chi connectivity index (χ0v) is 11.9. The van der Waals surface area contributed by atoms with Crippen molar-refractivity contribution in [2.45, 2.75) is 32.0 Å². The van der Waals surface area contributed by atoms with E-state index in [0.29, 0.717) is 19.1 Å². The monoisotopic (exact) mass is 265 g/mol. The Balaban J connectivity index is 1.93. The fourth-order valence-electron chi connectivity index (χ4n) is 2.77. The molecule has 0 radical (unpaired) electrons. The van der Waals surface area contributed by atoms with Gasteiger partial charge < -0.3 is 15.5 Å². The number of likely N-dealkylation sites (N-methyl/N-ethyl adjacent to an activating group) is 2. The second-order valence-electron chi connectivity index (χ2n) is 5.60. The first-order valence-corrected chi connectivity index (χ1v) is 6.96. The van der Waals surface area contributed by atoms with Gasteiger partial charge in [-0.3, -0.25) is 0 Å². The summed E-state index contributed by atoms with van der Waals surface area (Å²) in [6.45, 7) is 3.22. The van der Waals surface area contributed by atoms with Crippen LogP contribution in [-0.2, 0) is 13.1 Å². The summed E-state index contributed by atoms with van der Waals surface area (Å²) in [6, 6.07) is 5.92. The van der Waals surface area contributed by atoms with Crippen molar-refractivity contribution in [3.8, 4) is 0 Å². The summed E-state index contributed by atoms with van der Waals surface area (Å²) >= 11 is 0. The van der Waals surface area contributed by atoms with Gasteiger partial charge in [-0.25, -0.2) is 4.39 Å². The molecule has 1 fully saturated rings. The summed E-state index contributed by atoms with van der Waals surface area (Å²) in [6.07, 6.45) is 2.52. The maximum atomic E-state index is 13.9. The Morgan fingerprint density at radius 1 is 1.47 bits per heavy atom. The van der Waals surface area contributed by atoms with Crippen molar-refractivity contribution >= 4 is 0 Å². The van der Waals surface area contributed by atoms with Crippen molar-refractivity contribution in [2.75, 3.05) is 27.2 Å². The van der Waals surface area contributed by atoms with E-state index in [1.165, 1.54) is 19.4 Å². The maximum Gasteiger partial charge on any atom is 0.128 e. The van der Waals surface area contributed by atoms with Crippen LogP contribution in [0, 0.1) is 5.82 Å². The van der Waals surface area contributed by atoms with Crippen LogP contribution in [0.1, 0.15) is 24.0 Å². The van der Waals surface area contributed by atoms with Crippen LogP contribution in [0.25, 0.3) is 0 Å². The van der Waals surface area contributed by atoms with Gasteiger partial charge in [0, 0.05) is 31.2 Å². The lowest BCUT2D eigenvalue weighted by atomic mass is 10.1. The maximum absolute atomic E-state index is 13.9. The molecule has 2 rings (SSSR count). The van der Waals surface area contributed by atoms with Gasteiger partial charge >= 0.3 is 0 Å². The highest BCUT2D eigenvalue weighted by Gasteiger charge is 2.22. The SMILES string of the molecule is CN(Cc1ccc(CN)cc1F)CC1CCCN1C. The molecule has 1 atom stereocenters. The van der Waals surface area contributed by atoms with Crippen molar-refractivity contribution in [1.29, 1.82) is 0 Å². The van der Waals surface area contributed by atoms with E-state index in [4.69, 9.17) is 5.73 Å². The topological polar surface area (TPSA) is 32.5 Å². The largest absolute Gasteiger partial charge is 0.326 e. The van der Waals surface area contributed by atoms with Gasteiger partial charge in [0.05, 0.1) is 0 Å². The molecule has 0 amide bonds. The van der Waals surface area contributed by atoms with E-state index in [2.05, 4.69) is 23.9 Å². The van der Waals surface area contributed by atoms with Crippen LogP contribution in [0.15, 0.2) is 18.2 Å². The average molecular weight is 265 g/mol. The normalized spacial score (nSPS) is 20.4. The number of benzene rings is 1. The molecule has 0 aromatic heterocycles. The zero-order chi connectivity index (χ0) is 13.8. The summed E-state index contributed by atoms with van der Waals surface area (Å²) in [7, 11) is 4.23. The third kappa shape index (κ3) is 3.75. The molecule has 0 aliphatic carbocycles. The molecule has 1 aromatic carbocycles. The number of rotatable bonds is 5. The third-order valence-electron chi connectivity index (χ3n) is 3.99. The number of nitrogens with two attached hydrogens (primary N) is 1. The molecule has 1 aliphatic rings.